The third kappa shape index (κ3) is 5.02. The molecule has 0 saturated carbocycles. The van der Waals surface area contributed by atoms with Gasteiger partial charge in [-0.05, 0) is 36.1 Å². The molecule has 0 atom stereocenters. The van der Waals surface area contributed by atoms with Gasteiger partial charge in [0.1, 0.15) is 13.8 Å². The summed E-state index contributed by atoms with van der Waals surface area (Å²) < 4.78 is 0. The number of amides is 1. The molecule has 1 aliphatic carbocycles. The van der Waals surface area contributed by atoms with Crippen molar-refractivity contribution < 1.29 is 4.79 Å². The molecule has 3 heterocycles. The van der Waals surface area contributed by atoms with Crippen LogP contribution in [0.25, 0.3) is 0 Å². The number of hydrogen-bond acceptors (Lipinski definition) is 5. The summed E-state index contributed by atoms with van der Waals surface area (Å²) in [4.78, 5) is 28.5. The number of fused-ring (bicyclic) bond motifs is 2. The van der Waals surface area contributed by atoms with E-state index in [1.54, 1.807) is 12.3 Å². The van der Waals surface area contributed by atoms with E-state index in [4.69, 9.17) is 4.98 Å². The highest BCUT2D eigenvalue weighted by molar-refractivity contribution is 6.83. The first-order chi connectivity index (χ1) is 16.3. The Morgan fingerprint density at radius 3 is 2.47 bits per heavy atom. The van der Waals surface area contributed by atoms with E-state index in [0.29, 0.717) is 37.2 Å². The molecule has 1 aromatic carbocycles. The van der Waals surface area contributed by atoms with Crippen molar-refractivity contribution in [2.45, 2.75) is 51.5 Å². The highest BCUT2D eigenvalue weighted by Gasteiger charge is 2.25. The van der Waals surface area contributed by atoms with Crippen LogP contribution in [0.3, 0.4) is 0 Å². The van der Waals surface area contributed by atoms with Crippen LogP contribution in [0.4, 0.5) is 5.95 Å². The van der Waals surface area contributed by atoms with Crippen LogP contribution in [-0.2, 0) is 25.8 Å². The van der Waals surface area contributed by atoms with E-state index in [2.05, 4.69) is 70.7 Å². The van der Waals surface area contributed by atoms with Crippen LogP contribution in [0.15, 0.2) is 48.8 Å². The third-order valence-electron chi connectivity index (χ3n) is 6.17. The minimum Gasteiger partial charge on any atom is -0.351 e. The summed E-state index contributed by atoms with van der Waals surface area (Å²) in [6.45, 7) is 7.74. The first-order valence-corrected chi connectivity index (χ1v) is 15.3. The summed E-state index contributed by atoms with van der Waals surface area (Å²) in [6, 6.07) is 12.6. The van der Waals surface area contributed by atoms with Crippen LogP contribution in [-0.4, -0.2) is 46.4 Å². The van der Waals surface area contributed by atoms with Gasteiger partial charge in [-0.3, -0.25) is 4.79 Å². The van der Waals surface area contributed by atoms with E-state index in [-0.39, 0.29) is 5.91 Å². The number of nitrogens with zero attached hydrogens (tertiary/aromatic N) is 4. The highest BCUT2D eigenvalue weighted by Crippen LogP contribution is 2.25. The molecule has 5 rings (SSSR count). The Kier molecular flexibility index (Phi) is 5.92. The second-order valence-corrected chi connectivity index (χ2v) is 14.8. The van der Waals surface area contributed by atoms with Gasteiger partial charge in [-0.15, -0.1) is 5.54 Å². The molecule has 0 spiro atoms. The molecular weight excluding hydrogens is 438 g/mol. The Morgan fingerprint density at radius 1 is 1.03 bits per heavy atom. The van der Waals surface area contributed by atoms with Gasteiger partial charge in [-0.1, -0.05) is 49.8 Å². The molecule has 7 heteroatoms. The van der Waals surface area contributed by atoms with Gasteiger partial charge in [0.05, 0.1) is 5.69 Å². The molecule has 1 aliphatic heterocycles. The number of pyridine rings is 1. The van der Waals surface area contributed by atoms with Crippen LogP contribution in [0.2, 0.25) is 19.6 Å². The lowest BCUT2D eigenvalue weighted by Gasteiger charge is -2.28. The van der Waals surface area contributed by atoms with Crippen molar-refractivity contribution in [3.05, 3.63) is 82.4 Å². The quantitative estimate of drug-likeness (QED) is 0.468. The number of anilines is 1. The monoisotopic (exact) mass is 467 g/mol. The second kappa shape index (κ2) is 9.03. The lowest BCUT2D eigenvalue weighted by molar-refractivity contribution is 0.0727. The van der Waals surface area contributed by atoms with Crippen molar-refractivity contribution in [2.24, 2.45) is 0 Å². The van der Waals surface area contributed by atoms with Crippen molar-refractivity contribution in [1.29, 1.82) is 0 Å². The van der Waals surface area contributed by atoms with Gasteiger partial charge in [0.25, 0.3) is 5.91 Å². The van der Waals surface area contributed by atoms with Crippen molar-refractivity contribution in [3.8, 4) is 11.5 Å². The molecular formula is C27H29N5OSi. The molecule has 0 bridgehead atoms. The predicted octanol–water partition coefficient (Wildman–Crippen LogP) is 3.88. The number of rotatable bonds is 3. The van der Waals surface area contributed by atoms with Crippen molar-refractivity contribution in [2.75, 3.05) is 11.9 Å². The van der Waals surface area contributed by atoms with Crippen molar-refractivity contribution >= 4 is 19.9 Å². The lowest BCUT2D eigenvalue weighted by atomic mass is 10.1. The maximum Gasteiger partial charge on any atom is 0.272 e. The third-order valence-corrected chi connectivity index (χ3v) is 7.04. The lowest BCUT2D eigenvalue weighted by Crippen LogP contribution is -2.37. The van der Waals surface area contributed by atoms with E-state index in [1.807, 2.05) is 17.2 Å². The number of nitrogens with one attached hydrogen (secondary N) is 1. The van der Waals surface area contributed by atoms with Crippen LogP contribution < -0.4 is 5.32 Å². The van der Waals surface area contributed by atoms with E-state index in [9.17, 15) is 4.79 Å². The fourth-order valence-corrected chi connectivity index (χ4v) is 4.94. The van der Waals surface area contributed by atoms with Crippen LogP contribution in [0.5, 0.6) is 0 Å². The maximum absolute atomic E-state index is 13.0. The van der Waals surface area contributed by atoms with Gasteiger partial charge >= 0.3 is 0 Å². The molecule has 0 unspecified atom stereocenters. The number of carbonyl (C=O) groups excluding carboxylic acids is 1. The molecule has 1 amide bonds. The van der Waals surface area contributed by atoms with Gasteiger partial charge in [0, 0.05) is 49.1 Å². The molecule has 2 aromatic heterocycles. The first kappa shape index (κ1) is 22.3. The molecule has 3 aromatic rings. The molecule has 0 saturated heterocycles. The summed E-state index contributed by atoms with van der Waals surface area (Å²) in [5.41, 5.74) is 9.44. The normalized spacial score (nSPS) is 15.2. The first-order valence-electron chi connectivity index (χ1n) is 11.8. The molecule has 6 nitrogen and oxygen atoms in total. The minimum atomic E-state index is -1.45. The van der Waals surface area contributed by atoms with E-state index in [0.717, 1.165) is 29.7 Å². The molecule has 2 aliphatic rings. The van der Waals surface area contributed by atoms with Gasteiger partial charge in [0.15, 0.2) is 0 Å². The molecule has 172 valence electrons. The van der Waals surface area contributed by atoms with Crippen LogP contribution in [0, 0.1) is 11.5 Å². The van der Waals surface area contributed by atoms with Crippen LogP contribution >= 0.6 is 0 Å². The van der Waals surface area contributed by atoms with Gasteiger partial charge in [0.2, 0.25) is 5.95 Å². The SMILES string of the molecule is C[Si](C)(C)C#Cc1ccc(C(=O)N2CCc3nc(NC4Cc5ccccc5C4)ncc3C2)nc1. The zero-order valence-electron chi connectivity index (χ0n) is 19.9. The Morgan fingerprint density at radius 2 is 1.79 bits per heavy atom. The van der Waals surface area contributed by atoms with Crippen molar-refractivity contribution in [1.82, 2.24) is 19.9 Å². The second-order valence-electron chi connectivity index (χ2n) is 10.1. The minimum absolute atomic E-state index is 0.0683. The average Bonchev–Trinajstić information content (AvgIpc) is 3.24. The summed E-state index contributed by atoms with van der Waals surface area (Å²) in [7, 11) is -1.45. The van der Waals surface area contributed by atoms with Crippen molar-refractivity contribution in [3.63, 3.8) is 0 Å². The summed E-state index contributed by atoms with van der Waals surface area (Å²) in [5.74, 6) is 3.79. The topological polar surface area (TPSA) is 71.0 Å². The zero-order valence-corrected chi connectivity index (χ0v) is 20.9. The largest absolute Gasteiger partial charge is 0.351 e. The summed E-state index contributed by atoms with van der Waals surface area (Å²) in [5, 5.41) is 3.50. The standard InChI is InChI=1S/C27H29N5OSi/c1-34(2,3)13-11-19-8-9-25(28-16-19)26(33)32-12-10-24-22(18-32)17-29-27(31-24)30-23-14-20-6-4-5-7-21(20)15-23/h4-9,16-17,23H,10,12,14-15,18H2,1-3H3,(H,29,30,31). The molecule has 0 radical (unpaired) electrons. The van der Waals surface area contributed by atoms with Gasteiger partial charge in [-0.25, -0.2) is 15.0 Å². The van der Waals surface area contributed by atoms with Gasteiger partial charge in [-0.2, -0.15) is 0 Å². The van der Waals surface area contributed by atoms with Gasteiger partial charge < -0.3 is 10.2 Å². The number of benzene rings is 1. The number of aromatic nitrogens is 3. The fraction of sp³-hybridized carbons (Fsp3) is 0.333. The number of carbonyl (C=O) groups is 1. The highest BCUT2D eigenvalue weighted by atomic mass is 28.3. The molecule has 1 N–H and O–H groups in total. The Labute approximate surface area is 201 Å². The summed E-state index contributed by atoms with van der Waals surface area (Å²) >= 11 is 0. The Bertz CT molecular complexity index is 1260. The Hall–Kier alpha value is -3.50. The fourth-order valence-electron chi connectivity index (χ4n) is 4.42. The Balaban J connectivity index is 1.22. The molecule has 34 heavy (non-hydrogen) atoms. The summed E-state index contributed by atoms with van der Waals surface area (Å²) in [6.07, 6.45) is 6.25. The average molecular weight is 468 g/mol. The predicted molar refractivity (Wildman–Crippen MR) is 136 cm³/mol. The molecule has 0 fully saturated rings. The maximum atomic E-state index is 13.0. The van der Waals surface area contributed by atoms with Crippen LogP contribution in [0.1, 0.15) is 38.4 Å². The van der Waals surface area contributed by atoms with E-state index < -0.39 is 8.07 Å². The smallest absolute Gasteiger partial charge is 0.272 e. The zero-order chi connectivity index (χ0) is 23.7. The van der Waals surface area contributed by atoms with E-state index >= 15 is 0 Å². The van der Waals surface area contributed by atoms with E-state index in [1.165, 1.54) is 11.1 Å². The number of hydrogen-bond donors (Lipinski definition) is 1.